The lowest BCUT2D eigenvalue weighted by molar-refractivity contribution is -0.290. The molecule has 0 aliphatic rings. The minimum absolute atomic E-state index is 0.0263. The fourth-order valence-corrected chi connectivity index (χ4v) is 16.6. The predicted molar refractivity (Wildman–Crippen MR) is 461 cm³/mol. The second-order valence-corrected chi connectivity index (χ2v) is 33.4. The zero-order chi connectivity index (χ0) is 93.0. The SMILES string of the molecule is COc1ccc(C(c2ccc(Oc3ccc(C(=O)c4ccc(-c5ccc(-c6ccc(C)c(C(=O)c7cccc(S(=O)(=O)O)c7)c6)c(C(=O)c6ccc(-n7ccnc7)cc6)c5)cc4)cc3)cc2)(C(F)(F)F)C(F)(F)F)cc1.Cc1ccc(C(=O)c2ccc(Oc3ccc(C(c4ccc(Oc5ccc(S(=O)(=O)c6ccc(C)cc6)cc5)cc4)(C(F)(F)F)C(F)(F)F)cc3)cc2)cc1. The van der Waals surface area contributed by atoms with Crippen LogP contribution < -0.4 is 18.9 Å². The third-order valence-corrected chi connectivity index (χ3v) is 24.3. The topological polar surface area (TPSA) is 212 Å². The van der Waals surface area contributed by atoms with Crippen LogP contribution in [0.4, 0.5) is 52.7 Å². The van der Waals surface area contributed by atoms with E-state index in [4.69, 9.17) is 18.9 Å². The molecule has 29 heteroatoms. The number of nitrogens with zero attached hydrogens (tertiary/aromatic N) is 2. The minimum atomic E-state index is -5.82. The Hall–Kier alpha value is -14.8. The largest absolute Gasteiger partial charge is 0.497 e. The standard InChI is InChI=1S/C59H40F6N2O8S.C42H30F6O5S/c1-36-6-7-42(34-52(36)56(70)43-4-3-5-50(32-43)76(71,72)73)51-29-16-41(33-53(51)55(69)40-12-21-46(22-13-40)67-31-30-66-35-67)37-8-10-38(11-9-37)54(68)39-14-23-48(24-15-39)75-49-27-19-45(20-28-49)57(58(60,61)62,59(63,64)65)44-17-25-47(74-2)26-18-44;1-27-3-7-29(8-4-27)39(49)30-9-15-33(16-10-30)52-34-17-11-31(12-18-34)40(41(43,44)45,42(46,47)48)32-13-19-35(20-14-32)53-36-21-25-38(26-22-36)54(50,51)37-23-5-28(2)6-24-37/h3-35H,1-2H3,(H,71,72,73);3-26H,1-2H3. The van der Waals surface area contributed by atoms with E-state index in [1.807, 2.05) is 13.8 Å². The maximum Gasteiger partial charge on any atom is 0.411 e. The first-order chi connectivity index (χ1) is 61.6. The van der Waals surface area contributed by atoms with Crippen molar-refractivity contribution in [3.63, 3.8) is 0 Å². The van der Waals surface area contributed by atoms with E-state index in [2.05, 4.69) is 4.98 Å². The molecule has 0 amide bonds. The van der Waals surface area contributed by atoms with Crippen molar-refractivity contribution in [2.45, 2.75) is 71.0 Å². The third kappa shape index (κ3) is 19.0. The number of sulfone groups is 1. The fourth-order valence-electron chi connectivity index (χ4n) is 14.8. The molecule has 14 aromatic carbocycles. The molecule has 130 heavy (non-hydrogen) atoms. The molecule has 0 aliphatic heterocycles. The zero-order valence-corrected chi connectivity index (χ0v) is 70.1. The van der Waals surface area contributed by atoms with Gasteiger partial charge in [0.1, 0.15) is 40.2 Å². The summed E-state index contributed by atoms with van der Waals surface area (Å²) < 4.78 is 260. The zero-order valence-electron chi connectivity index (χ0n) is 68.5. The van der Waals surface area contributed by atoms with Gasteiger partial charge in [-0.3, -0.25) is 23.7 Å². The number of hydrogen-bond donors (Lipinski definition) is 1. The summed E-state index contributed by atoms with van der Waals surface area (Å²) in [6.45, 7) is 5.43. The molecule has 0 atom stereocenters. The molecule has 1 N–H and O–H groups in total. The minimum Gasteiger partial charge on any atom is -0.497 e. The maximum absolute atomic E-state index is 14.8. The van der Waals surface area contributed by atoms with Gasteiger partial charge in [-0.1, -0.05) is 157 Å². The molecule has 658 valence electrons. The van der Waals surface area contributed by atoms with Crippen molar-refractivity contribution in [2.24, 2.45) is 0 Å². The number of benzene rings is 14. The molecule has 0 aliphatic carbocycles. The van der Waals surface area contributed by atoms with Crippen LogP contribution in [0.2, 0.25) is 0 Å². The lowest BCUT2D eigenvalue weighted by Crippen LogP contribution is -2.54. The summed E-state index contributed by atoms with van der Waals surface area (Å²) in [4.78, 5) is 58.6. The highest BCUT2D eigenvalue weighted by molar-refractivity contribution is 7.91. The number of imidazole rings is 1. The number of rotatable bonds is 25. The number of methoxy groups -OCH3 is 1. The molecule has 1 heterocycles. The number of carbonyl (C=O) groups excluding carboxylic acids is 4. The van der Waals surface area contributed by atoms with Crippen LogP contribution >= 0.6 is 0 Å². The van der Waals surface area contributed by atoms with Crippen molar-refractivity contribution in [2.75, 3.05) is 7.11 Å². The summed E-state index contributed by atoms with van der Waals surface area (Å²) in [7, 11) is -7.20. The first-order valence-corrected chi connectivity index (χ1v) is 42.2. The second kappa shape index (κ2) is 36.5. The molecule has 15 aromatic rings. The summed E-state index contributed by atoms with van der Waals surface area (Å²) in [5.74, 6) is -1.10. The second-order valence-electron chi connectivity index (χ2n) is 30.0. The van der Waals surface area contributed by atoms with Gasteiger partial charge in [-0.15, -0.1) is 0 Å². The summed E-state index contributed by atoms with van der Waals surface area (Å²) in [5.41, 5.74) is -5.32. The van der Waals surface area contributed by atoms with Crippen LogP contribution in [0.1, 0.15) is 103 Å². The van der Waals surface area contributed by atoms with Gasteiger partial charge < -0.3 is 23.5 Å². The number of aromatic nitrogens is 2. The van der Waals surface area contributed by atoms with E-state index in [9.17, 15) is 93.3 Å². The van der Waals surface area contributed by atoms with E-state index >= 15 is 0 Å². The van der Waals surface area contributed by atoms with Gasteiger partial charge in [-0.05, 0) is 253 Å². The van der Waals surface area contributed by atoms with Gasteiger partial charge in [-0.25, -0.2) is 13.4 Å². The molecule has 0 fully saturated rings. The molecule has 0 spiro atoms. The van der Waals surface area contributed by atoms with Gasteiger partial charge in [0, 0.05) is 62.6 Å². The molecular weight excluding hydrogens is 1740 g/mol. The Bertz CT molecular complexity index is 6900. The Balaban J connectivity index is 0.000000222. The normalized spacial score (nSPS) is 12.1. The molecule has 15 nitrogen and oxygen atoms in total. The first kappa shape index (κ1) is 91.4. The highest BCUT2D eigenvalue weighted by Crippen LogP contribution is 2.59. The predicted octanol–water partition coefficient (Wildman–Crippen LogP) is 25.0. The van der Waals surface area contributed by atoms with Crippen LogP contribution in [0.25, 0.3) is 27.9 Å². The fraction of sp³-hybridized carbons (Fsp3) is 0.0990. The van der Waals surface area contributed by atoms with Crippen LogP contribution in [0.3, 0.4) is 0 Å². The van der Waals surface area contributed by atoms with E-state index in [0.717, 1.165) is 83.5 Å². The van der Waals surface area contributed by atoms with Gasteiger partial charge in [0.15, 0.2) is 23.1 Å². The maximum atomic E-state index is 14.8. The highest BCUT2D eigenvalue weighted by Gasteiger charge is 2.74. The number of aryl methyl sites for hydroxylation is 3. The van der Waals surface area contributed by atoms with Crippen molar-refractivity contribution >= 4 is 43.1 Å². The van der Waals surface area contributed by atoms with E-state index < -0.39 is 88.4 Å². The summed E-state index contributed by atoms with van der Waals surface area (Å²) >= 11 is 0. The Morgan fingerprint density at radius 3 is 1.05 bits per heavy atom. The molecule has 15 rings (SSSR count). The van der Waals surface area contributed by atoms with Gasteiger partial charge in [0.05, 0.1) is 28.1 Å². The van der Waals surface area contributed by atoms with Gasteiger partial charge >= 0.3 is 24.7 Å². The molecule has 0 saturated heterocycles. The van der Waals surface area contributed by atoms with Crippen LogP contribution in [-0.2, 0) is 30.8 Å². The average Bonchev–Trinajstić information content (AvgIpc) is 0.755. The third-order valence-electron chi connectivity index (χ3n) is 21.7. The molecule has 1 aromatic heterocycles. The Kier molecular flexibility index (Phi) is 25.7. The van der Waals surface area contributed by atoms with Crippen molar-refractivity contribution in [1.82, 2.24) is 9.55 Å². The highest BCUT2D eigenvalue weighted by atomic mass is 32.2. The number of alkyl halides is 12. The van der Waals surface area contributed by atoms with Crippen LogP contribution in [0.15, 0.2) is 361 Å². The summed E-state index contributed by atoms with van der Waals surface area (Å²) in [6.07, 6.45) is -18.2. The van der Waals surface area contributed by atoms with E-state index in [1.54, 1.807) is 152 Å². The lowest BCUT2D eigenvalue weighted by atomic mass is 9.73. The average molecular weight is 1810 g/mol. The van der Waals surface area contributed by atoms with Crippen molar-refractivity contribution in [3.8, 4) is 68.2 Å². The first-order valence-electron chi connectivity index (χ1n) is 39.3. The Morgan fingerprint density at radius 1 is 0.331 bits per heavy atom. The van der Waals surface area contributed by atoms with Gasteiger partial charge in [-0.2, -0.15) is 61.1 Å². The Labute approximate surface area is 736 Å². The molecule has 0 radical (unpaired) electrons. The van der Waals surface area contributed by atoms with E-state index in [0.29, 0.717) is 86.5 Å². The number of ether oxygens (including phenoxy) is 4. The number of hydrogen-bond acceptors (Lipinski definition) is 13. The van der Waals surface area contributed by atoms with Gasteiger partial charge in [0.25, 0.3) is 10.1 Å². The summed E-state index contributed by atoms with van der Waals surface area (Å²) in [6, 6.07) is 72.9. The number of carbonyl (C=O) groups is 4. The number of ketones is 4. The molecule has 0 bridgehead atoms. The molecular formula is C101H70F12N2O13S2. The van der Waals surface area contributed by atoms with Crippen LogP contribution in [0, 0.1) is 20.8 Å². The van der Waals surface area contributed by atoms with E-state index in [1.165, 1.54) is 110 Å². The summed E-state index contributed by atoms with van der Waals surface area (Å²) in [5, 5.41) is 0. The van der Waals surface area contributed by atoms with Gasteiger partial charge in [0.2, 0.25) is 20.7 Å². The van der Waals surface area contributed by atoms with E-state index in [-0.39, 0.29) is 89.6 Å². The molecule has 0 unspecified atom stereocenters. The van der Waals surface area contributed by atoms with Crippen molar-refractivity contribution < 1.29 is 112 Å². The van der Waals surface area contributed by atoms with Crippen molar-refractivity contribution in [3.05, 3.63) is 430 Å². The Morgan fingerprint density at radius 2 is 0.662 bits per heavy atom. The molecule has 0 saturated carbocycles. The van der Waals surface area contributed by atoms with Crippen LogP contribution in [-0.4, -0.2) is 85.9 Å². The smallest absolute Gasteiger partial charge is 0.411 e. The quantitative estimate of drug-likeness (QED) is 0.0320. The monoisotopic (exact) mass is 1810 g/mol. The lowest BCUT2D eigenvalue weighted by Gasteiger charge is -2.38. The van der Waals surface area contributed by atoms with Crippen molar-refractivity contribution in [1.29, 1.82) is 0 Å². The van der Waals surface area contributed by atoms with Crippen LogP contribution in [0.5, 0.6) is 40.2 Å². The number of halogens is 12.